The second-order valence-corrected chi connectivity index (χ2v) is 8.20. The molecule has 0 heterocycles. The molecule has 0 aliphatic carbocycles. The van der Waals surface area contributed by atoms with Crippen molar-refractivity contribution in [1.29, 1.82) is 0 Å². The molecule has 7 heteroatoms. The molecule has 0 saturated heterocycles. The second kappa shape index (κ2) is 14.2. The van der Waals surface area contributed by atoms with Gasteiger partial charge in [-0.1, -0.05) is 63.1 Å². The first-order valence-electron chi connectivity index (χ1n) is 9.88. The predicted molar refractivity (Wildman–Crippen MR) is 108 cm³/mol. The smallest absolute Gasteiger partial charge is 0.322 e. The van der Waals surface area contributed by atoms with E-state index in [1.807, 2.05) is 0 Å². The standard InChI is InChI=1S/C21H31NO5S/c1-2-3-4-5-6-12-17-21(23)20(22)16-11-8-13-18-26-27-28(24,25)19-14-9-7-10-15-19/h7,9-10,14-15,20H,2-6,8,11-12,16-17,22H2,1H3. The number of rotatable bonds is 14. The second-order valence-electron chi connectivity index (χ2n) is 6.68. The lowest BCUT2D eigenvalue weighted by atomic mass is 10.0. The Kier molecular flexibility index (Phi) is 12.2. The van der Waals surface area contributed by atoms with Crippen molar-refractivity contribution >= 4 is 15.9 Å². The summed E-state index contributed by atoms with van der Waals surface area (Å²) in [5, 5.41) is 0. The number of Topliss-reactive ketones (excluding diaryl/α,β-unsaturated/α-hetero) is 1. The number of carbonyl (C=O) groups is 1. The lowest BCUT2D eigenvalue weighted by Gasteiger charge is -2.09. The van der Waals surface area contributed by atoms with Crippen molar-refractivity contribution in [1.82, 2.24) is 0 Å². The maximum Gasteiger partial charge on any atom is 0.333 e. The molecule has 28 heavy (non-hydrogen) atoms. The van der Waals surface area contributed by atoms with Gasteiger partial charge in [0.2, 0.25) is 0 Å². The average molecular weight is 410 g/mol. The Morgan fingerprint density at radius 3 is 2.46 bits per heavy atom. The summed E-state index contributed by atoms with van der Waals surface area (Å²) in [6.07, 6.45) is 11.2. The highest BCUT2D eigenvalue weighted by atomic mass is 32.2. The van der Waals surface area contributed by atoms with E-state index >= 15 is 0 Å². The van der Waals surface area contributed by atoms with Gasteiger partial charge in [-0.2, -0.15) is 8.42 Å². The first-order valence-corrected chi connectivity index (χ1v) is 11.3. The Bertz CT molecular complexity index is 722. The third-order valence-electron chi connectivity index (χ3n) is 4.28. The number of hydrogen-bond donors (Lipinski definition) is 1. The fourth-order valence-corrected chi connectivity index (χ4v) is 3.30. The van der Waals surface area contributed by atoms with Crippen molar-refractivity contribution in [3.8, 4) is 12.0 Å². The number of ketones is 1. The van der Waals surface area contributed by atoms with Crippen molar-refractivity contribution in [3.05, 3.63) is 30.3 Å². The zero-order valence-corrected chi connectivity index (χ0v) is 17.4. The number of benzene rings is 1. The third-order valence-corrected chi connectivity index (χ3v) is 5.37. The highest BCUT2D eigenvalue weighted by molar-refractivity contribution is 7.86. The molecule has 1 aromatic carbocycles. The zero-order chi connectivity index (χ0) is 20.7. The molecular weight excluding hydrogens is 378 g/mol. The molecule has 0 spiro atoms. The van der Waals surface area contributed by atoms with Crippen molar-refractivity contribution in [2.24, 2.45) is 5.73 Å². The minimum atomic E-state index is -3.98. The lowest BCUT2D eigenvalue weighted by Crippen LogP contribution is -2.30. The van der Waals surface area contributed by atoms with E-state index in [0.717, 1.165) is 12.8 Å². The van der Waals surface area contributed by atoms with Gasteiger partial charge in [0, 0.05) is 12.8 Å². The van der Waals surface area contributed by atoms with Crippen LogP contribution in [0.1, 0.15) is 71.1 Å². The van der Waals surface area contributed by atoms with Gasteiger partial charge in [-0.05, 0) is 35.7 Å². The van der Waals surface area contributed by atoms with Crippen LogP contribution in [0.4, 0.5) is 0 Å². The number of hydrogen-bond acceptors (Lipinski definition) is 6. The van der Waals surface area contributed by atoms with E-state index in [-0.39, 0.29) is 10.7 Å². The quantitative estimate of drug-likeness (QED) is 0.215. The van der Waals surface area contributed by atoms with E-state index in [1.165, 1.54) is 37.8 Å². The number of carbonyl (C=O) groups excluding carboxylic acids is 1. The predicted octanol–water partition coefficient (Wildman–Crippen LogP) is 4.10. The average Bonchev–Trinajstić information content (AvgIpc) is 2.70. The van der Waals surface area contributed by atoms with Gasteiger partial charge in [0.05, 0.1) is 10.9 Å². The summed E-state index contributed by atoms with van der Waals surface area (Å²) in [6.45, 7) is 2.18. The summed E-state index contributed by atoms with van der Waals surface area (Å²) in [5.41, 5.74) is 5.91. The monoisotopic (exact) mass is 409 g/mol. The van der Waals surface area contributed by atoms with Gasteiger partial charge in [0.15, 0.2) is 6.11 Å². The first-order chi connectivity index (χ1) is 13.5. The van der Waals surface area contributed by atoms with Crippen molar-refractivity contribution in [2.75, 3.05) is 0 Å². The molecule has 0 aliphatic rings. The molecule has 0 saturated carbocycles. The summed E-state index contributed by atoms with van der Waals surface area (Å²) in [5.74, 6) is 2.74. The molecule has 0 fully saturated rings. The Labute approximate surface area is 168 Å². The molecule has 1 rings (SSSR count). The van der Waals surface area contributed by atoms with Crippen molar-refractivity contribution < 1.29 is 22.4 Å². The molecule has 2 N–H and O–H groups in total. The van der Waals surface area contributed by atoms with E-state index < -0.39 is 16.2 Å². The maximum absolute atomic E-state index is 12.0. The molecule has 0 aliphatic heterocycles. The highest BCUT2D eigenvalue weighted by Gasteiger charge is 2.15. The largest absolute Gasteiger partial charge is 0.333 e. The number of nitrogens with two attached hydrogens (primary N) is 1. The Morgan fingerprint density at radius 2 is 1.75 bits per heavy atom. The van der Waals surface area contributed by atoms with Gasteiger partial charge in [-0.15, -0.1) is 0 Å². The molecule has 6 nitrogen and oxygen atoms in total. The molecule has 0 radical (unpaired) electrons. The maximum atomic E-state index is 12.0. The Balaban J connectivity index is 2.14. The van der Waals surface area contributed by atoms with Crippen molar-refractivity contribution in [2.45, 2.75) is 82.1 Å². The lowest BCUT2D eigenvalue weighted by molar-refractivity contribution is -0.127. The summed E-state index contributed by atoms with van der Waals surface area (Å²) in [4.78, 5) is 16.4. The van der Waals surface area contributed by atoms with Gasteiger partial charge in [-0.3, -0.25) is 9.68 Å². The minimum Gasteiger partial charge on any atom is -0.322 e. The summed E-state index contributed by atoms with van der Waals surface area (Å²) in [6, 6.07) is 7.19. The van der Waals surface area contributed by atoms with Crippen LogP contribution >= 0.6 is 0 Å². The van der Waals surface area contributed by atoms with Crippen LogP contribution < -0.4 is 5.73 Å². The van der Waals surface area contributed by atoms with Gasteiger partial charge in [0.1, 0.15) is 5.78 Å². The van der Waals surface area contributed by atoms with E-state index in [4.69, 9.17) is 5.73 Å². The van der Waals surface area contributed by atoms with E-state index in [9.17, 15) is 13.2 Å². The van der Waals surface area contributed by atoms with Crippen LogP contribution in [0, 0.1) is 12.0 Å². The van der Waals surface area contributed by atoms with Crippen LogP contribution in [0.25, 0.3) is 0 Å². The topological polar surface area (TPSA) is 95.7 Å². The van der Waals surface area contributed by atoms with Crippen LogP contribution in [0.5, 0.6) is 0 Å². The van der Waals surface area contributed by atoms with Crippen LogP contribution in [0.15, 0.2) is 35.2 Å². The van der Waals surface area contributed by atoms with E-state index in [0.29, 0.717) is 25.7 Å². The third kappa shape index (κ3) is 10.5. The molecule has 0 bridgehead atoms. The number of unbranched alkanes of at least 4 members (excludes halogenated alkanes) is 6. The minimum absolute atomic E-state index is 0.00773. The molecular formula is C21H31NO5S. The fourth-order valence-electron chi connectivity index (χ4n) is 2.61. The molecule has 1 atom stereocenters. The van der Waals surface area contributed by atoms with E-state index in [1.54, 1.807) is 18.2 Å². The Hall–Kier alpha value is -1.88. The van der Waals surface area contributed by atoms with Gasteiger partial charge >= 0.3 is 10.1 Å². The normalized spacial score (nSPS) is 12.1. The molecule has 0 aromatic heterocycles. The van der Waals surface area contributed by atoms with E-state index in [2.05, 4.69) is 28.2 Å². The van der Waals surface area contributed by atoms with Gasteiger partial charge < -0.3 is 5.73 Å². The van der Waals surface area contributed by atoms with Crippen molar-refractivity contribution in [3.63, 3.8) is 0 Å². The van der Waals surface area contributed by atoms with Gasteiger partial charge in [-0.25, -0.2) is 0 Å². The zero-order valence-electron chi connectivity index (χ0n) is 16.6. The van der Waals surface area contributed by atoms with Crippen LogP contribution in [-0.4, -0.2) is 20.2 Å². The van der Waals surface area contributed by atoms with Crippen LogP contribution in [0.3, 0.4) is 0 Å². The first kappa shape index (κ1) is 24.2. The highest BCUT2D eigenvalue weighted by Crippen LogP contribution is 2.11. The van der Waals surface area contributed by atoms with Crippen LogP contribution in [0.2, 0.25) is 0 Å². The summed E-state index contributed by atoms with van der Waals surface area (Å²) in [7, 11) is -3.98. The van der Waals surface area contributed by atoms with Crippen LogP contribution in [-0.2, 0) is 24.1 Å². The summed E-state index contributed by atoms with van der Waals surface area (Å²) < 4.78 is 27.9. The summed E-state index contributed by atoms with van der Waals surface area (Å²) >= 11 is 0. The van der Waals surface area contributed by atoms with Gasteiger partial charge in [0.25, 0.3) is 0 Å². The molecule has 0 amide bonds. The molecule has 1 aromatic rings. The SMILES string of the molecule is CCCCCCCCC(=O)C(N)CCCC#COOS(=O)(=O)c1ccccc1. The fraction of sp³-hybridized carbons (Fsp3) is 0.571. The molecule has 1 unspecified atom stereocenters. The Morgan fingerprint density at radius 1 is 1.07 bits per heavy atom. The molecule has 156 valence electrons.